The number of carbonyl (C=O) groups is 1. The third-order valence-electron chi connectivity index (χ3n) is 4.05. The molecule has 3 aromatic rings. The lowest BCUT2D eigenvalue weighted by molar-refractivity contribution is 0.0697. The van der Waals surface area contributed by atoms with Crippen LogP contribution in [0.5, 0.6) is 0 Å². The van der Waals surface area contributed by atoms with Crippen molar-refractivity contribution in [3.63, 3.8) is 0 Å². The molecule has 0 unspecified atom stereocenters. The number of aromatic carboxylic acids is 1. The molecule has 0 bridgehead atoms. The van der Waals surface area contributed by atoms with Gasteiger partial charge in [0.05, 0.1) is 15.8 Å². The van der Waals surface area contributed by atoms with Crippen LogP contribution in [0.3, 0.4) is 0 Å². The van der Waals surface area contributed by atoms with E-state index < -0.39 is 22.0 Å². The molecular formula is C18H18N4O5S2. The molecule has 0 amide bonds. The normalized spacial score (nSPS) is 12.0. The number of fused-ring (bicyclic) bond motifs is 1. The Balaban J connectivity index is 1.93. The number of anilines is 1. The van der Waals surface area contributed by atoms with E-state index in [1.807, 2.05) is 25.1 Å². The van der Waals surface area contributed by atoms with Crippen LogP contribution in [0.2, 0.25) is 0 Å². The summed E-state index contributed by atoms with van der Waals surface area (Å²) in [5.74, 6) is -1.88. The maximum atomic E-state index is 11.7. The molecule has 9 nitrogen and oxygen atoms in total. The molecule has 11 heteroatoms. The van der Waals surface area contributed by atoms with Gasteiger partial charge in [0.15, 0.2) is 0 Å². The molecule has 0 aliphatic rings. The Morgan fingerprint density at radius 3 is 2.62 bits per heavy atom. The zero-order chi connectivity index (χ0) is 21.2. The number of thiazole rings is 1. The van der Waals surface area contributed by atoms with Gasteiger partial charge in [-0.2, -0.15) is 8.42 Å². The first-order chi connectivity index (χ1) is 13.7. The van der Waals surface area contributed by atoms with Crippen LogP contribution in [0, 0.1) is 6.92 Å². The van der Waals surface area contributed by atoms with Crippen LogP contribution in [0.15, 0.2) is 46.6 Å². The van der Waals surface area contributed by atoms with E-state index in [9.17, 15) is 18.3 Å². The van der Waals surface area contributed by atoms with Gasteiger partial charge >= 0.3 is 5.97 Å². The molecule has 0 spiro atoms. The number of aryl methyl sites for hydroxylation is 1. The predicted molar refractivity (Wildman–Crippen MR) is 111 cm³/mol. The third kappa shape index (κ3) is 5.13. The molecule has 1 heterocycles. The summed E-state index contributed by atoms with van der Waals surface area (Å²) < 4.78 is 32.4. The Labute approximate surface area is 171 Å². The van der Waals surface area contributed by atoms with Crippen LogP contribution in [-0.4, -0.2) is 41.5 Å². The summed E-state index contributed by atoms with van der Waals surface area (Å²) >= 11 is 1.34. The summed E-state index contributed by atoms with van der Waals surface area (Å²) in [5, 5.41) is 18.0. The number of carboxylic acid groups (broad SMARTS) is 1. The maximum Gasteiger partial charge on any atom is 0.338 e. The van der Waals surface area contributed by atoms with E-state index in [0.717, 1.165) is 15.8 Å². The van der Waals surface area contributed by atoms with Crippen LogP contribution >= 0.6 is 11.3 Å². The number of rotatable bonds is 7. The third-order valence-corrected chi connectivity index (χ3v) is 5.59. The van der Waals surface area contributed by atoms with E-state index in [1.165, 1.54) is 34.4 Å². The van der Waals surface area contributed by atoms with Gasteiger partial charge in [0.25, 0.3) is 10.1 Å². The number of nitrogens with zero attached hydrogens (tertiary/aromatic N) is 4. The van der Waals surface area contributed by atoms with Crippen LogP contribution in [-0.2, 0) is 10.1 Å². The van der Waals surface area contributed by atoms with Gasteiger partial charge in [-0.15, -0.1) is 10.2 Å². The number of aromatic nitrogens is 1. The zero-order valence-corrected chi connectivity index (χ0v) is 17.2. The highest BCUT2D eigenvalue weighted by Crippen LogP contribution is 2.32. The molecule has 0 atom stereocenters. The van der Waals surface area contributed by atoms with Crippen molar-refractivity contribution in [1.82, 2.24) is 4.98 Å². The van der Waals surface area contributed by atoms with Crippen LogP contribution < -0.4 is 4.90 Å². The smallest absolute Gasteiger partial charge is 0.338 e. The van der Waals surface area contributed by atoms with Gasteiger partial charge in [-0.25, -0.2) is 9.78 Å². The molecule has 0 saturated carbocycles. The van der Waals surface area contributed by atoms with Crippen LogP contribution in [0.4, 0.5) is 16.5 Å². The minimum Gasteiger partial charge on any atom is -0.478 e. The largest absolute Gasteiger partial charge is 0.478 e. The molecule has 2 aromatic carbocycles. The molecule has 0 aliphatic carbocycles. The first kappa shape index (κ1) is 20.8. The number of hydrogen-bond acceptors (Lipinski definition) is 8. The fourth-order valence-electron chi connectivity index (χ4n) is 2.68. The lowest BCUT2D eigenvalue weighted by Gasteiger charge is -2.21. The molecule has 0 aliphatic heterocycles. The van der Waals surface area contributed by atoms with Crippen molar-refractivity contribution < 1.29 is 22.9 Å². The van der Waals surface area contributed by atoms with E-state index in [4.69, 9.17) is 4.55 Å². The van der Waals surface area contributed by atoms with Crippen molar-refractivity contribution in [3.05, 3.63) is 47.5 Å². The van der Waals surface area contributed by atoms with E-state index in [2.05, 4.69) is 15.2 Å². The van der Waals surface area contributed by atoms with Crippen LogP contribution in [0.1, 0.15) is 22.8 Å². The Kier molecular flexibility index (Phi) is 5.91. The van der Waals surface area contributed by atoms with Crippen molar-refractivity contribution >= 4 is 54.1 Å². The maximum absolute atomic E-state index is 11.7. The van der Waals surface area contributed by atoms with E-state index in [0.29, 0.717) is 10.8 Å². The van der Waals surface area contributed by atoms with Crippen molar-refractivity contribution in [3.8, 4) is 0 Å². The minimum absolute atomic E-state index is 0.111. The Hall–Kier alpha value is -2.89. The molecule has 2 N–H and O–H groups in total. The molecule has 0 radical (unpaired) electrons. The number of benzene rings is 2. The van der Waals surface area contributed by atoms with Crippen LogP contribution in [0.25, 0.3) is 10.2 Å². The molecule has 3 rings (SSSR count). The van der Waals surface area contributed by atoms with Gasteiger partial charge in [0.2, 0.25) is 5.13 Å². The zero-order valence-electron chi connectivity index (χ0n) is 15.6. The molecule has 0 fully saturated rings. The predicted octanol–water partition coefficient (Wildman–Crippen LogP) is 4.39. The molecule has 1 aromatic heterocycles. The number of carboxylic acids is 1. The highest BCUT2D eigenvalue weighted by Gasteiger charge is 2.17. The summed E-state index contributed by atoms with van der Waals surface area (Å²) in [4.78, 5) is 17.3. The fourth-order valence-corrected chi connectivity index (χ4v) is 4.29. The Bertz CT molecular complexity index is 1200. The molecule has 0 saturated heterocycles. The van der Waals surface area contributed by atoms with E-state index in [1.54, 1.807) is 6.92 Å². The second-order valence-electron chi connectivity index (χ2n) is 6.24. The lowest BCUT2D eigenvalue weighted by Crippen LogP contribution is -2.29. The number of azo groups is 1. The standard InChI is InChI=1S/C18H18N4O5S2/c1-3-22(10-29(25,26)27)12-5-7-14(13(9-12)17(23)24)20-21-18-19-15-6-4-11(2)8-16(15)28-18/h4-9H,3,10H2,1-2H3,(H,23,24)(H,25,26,27). The summed E-state index contributed by atoms with van der Waals surface area (Å²) in [7, 11) is -4.26. The van der Waals surface area contributed by atoms with Gasteiger partial charge in [-0.3, -0.25) is 4.55 Å². The van der Waals surface area contributed by atoms with Crippen molar-refractivity contribution in [2.45, 2.75) is 13.8 Å². The summed E-state index contributed by atoms with van der Waals surface area (Å²) in [6.45, 7) is 3.92. The second-order valence-corrected chi connectivity index (χ2v) is 8.67. The van der Waals surface area contributed by atoms with Gasteiger partial charge in [0, 0.05) is 12.2 Å². The van der Waals surface area contributed by atoms with Gasteiger partial charge in [0.1, 0.15) is 11.6 Å². The summed E-state index contributed by atoms with van der Waals surface area (Å²) in [6.07, 6.45) is 0. The molecular weight excluding hydrogens is 416 g/mol. The van der Waals surface area contributed by atoms with Crippen molar-refractivity contribution in [1.29, 1.82) is 0 Å². The highest BCUT2D eigenvalue weighted by molar-refractivity contribution is 7.85. The average Bonchev–Trinajstić information content (AvgIpc) is 3.05. The van der Waals surface area contributed by atoms with Crippen molar-refractivity contribution in [2.75, 3.05) is 17.3 Å². The lowest BCUT2D eigenvalue weighted by atomic mass is 10.1. The molecule has 152 valence electrons. The van der Waals surface area contributed by atoms with E-state index >= 15 is 0 Å². The van der Waals surface area contributed by atoms with Gasteiger partial charge < -0.3 is 10.0 Å². The van der Waals surface area contributed by atoms with Crippen molar-refractivity contribution in [2.24, 2.45) is 10.2 Å². The Morgan fingerprint density at radius 1 is 1.21 bits per heavy atom. The highest BCUT2D eigenvalue weighted by atomic mass is 32.2. The number of hydrogen-bond donors (Lipinski definition) is 2. The fraction of sp³-hybridized carbons (Fsp3) is 0.222. The van der Waals surface area contributed by atoms with Gasteiger partial charge in [-0.05, 0) is 49.7 Å². The Morgan fingerprint density at radius 2 is 1.97 bits per heavy atom. The summed E-state index contributed by atoms with van der Waals surface area (Å²) in [6, 6.07) is 10.1. The quantitative estimate of drug-likeness (QED) is 0.416. The monoisotopic (exact) mass is 434 g/mol. The first-order valence-electron chi connectivity index (χ1n) is 8.52. The topological polar surface area (TPSA) is 133 Å². The SMILES string of the molecule is CCN(CS(=O)(=O)O)c1ccc(N=Nc2nc3ccc(C)cc3s2)c(C(=O)O)c1. The average molecular weight is 434 g/mol. The summed E-state index contributed by atoms with van der Waals surface area (Å²) in [5.41, 5.74) is 2.18. The first-order valence-corrected chi connectivity index (χ1v) is 10.9. The van der Waals surface area contributed by atoms with E-state index in [-0.39, 0.29) is 17.8 Å². The second kappa shape index (κ2) is 8.23. The van der Waals surface area contributed by atoms with Gasteiger partial charge in [-0.1, -0.05) is 17.4 Å². The molecule has 29 heavy (non-hydrogen) atoms. The minimum atomic E-state index is -4.26.